The highest BCUT2D eigenvalue weighted by Crippen LogP contribution is 2.47. The molecule has 1 N–H and O–H groups in total. The molecule has 1 aliphatic rings. The lowest BCUT2D eigenvalue weighted by Crippen LogP contribution is -1.75. The SMILES string of the molecule is C[C@@H]1C[C@@H]1c1ccc(/C=N\O)o1. The standard InChI is InChI=1S/C9H11NO2/c1-6-4-8(6)9-3-2-7(12-9)5-10-11/h2-3,5-6,8,11H,4H2,1H3/b10-5-/t6-,8+/m1/s1. The maximum absolute atomic E-state index is 8.24. The van der Waals surface area contributed by atoms with Gasteiger partial charge in [-0.3, -0.25) is 0 Å². The Kier molecular flexibility index (Phi) is 1.64. The molecule has 2 rings (SSSR count). The van der Waals surface area contributed by atoms with Gasteiger partial charge in [0.15, 0.2) is 0 Å². The molecule has 0 saturated heterocycles. The van der Waals surface area contributed by atoms with Crippen molar-refractivity contribution in [2.24, 2.45) is 11.1 Å². The van der Waals surface area contributed by atoms with Gasteiger partial charge in [0.05, 0.1) is 0 Å². The first-order valence-electron chi connectivity index (χ1n) is 4.08. The van der Waals surface area contributed by atoms with Crippen molar-refractivity contribution >= 4 is 6.21 Å². The summed E-state index contributed by atoms with van der Waals surface area (Å²) in [4.78, 5) is 0. The second kappa shape index (κ2) is 2.66. The predicted molar refractivity (Wildman–Crippen MR) is 44.6 cm³/mol. The number of rotatable bonds is 2. The van der Waals surface area contributed by atoms with E-state index in [-0.39, 0.29) is 0 Å². The lowest BCUT2D eigenvalue weighted by Gasteiger charge is -1.88. The molecule has 3 heteroatoms. The van der Waals surface area contributed by atoms with Crippen LogP contribution in [0, 0.1) is 5.92 Å². The van der Waals surface area contributed by atoms with E-state index in [0.717, 1.165) is 11.7 Å². The molecule has 0 amide bonds. The van der Waals surface area contributed by atoms with Crippen molar-refractivity contribution in [2.75, 3.05) is 0 Å². The topological polar surface area (TPSA) is 45.7 Å². The maximum atomic E-state index is 8.24. The first-order chi connectivity index (χ1) is 5.81. The fraction of sp³-hybridized carbons (Fsp3) is 0.444. The van der Waals surface area contributed by atoms with Gasteiger partial charge >= 0.3 is 0 Å². The summed E-state index contributed by atoms with van der Waals surface area (Å²) in [5.41, 5.74) is 0. The van der Waals surface area contributed by atoms with Crippen molar-refractivity contribution in [1.82, 2.24) is 0 Å². The van der Waals surface area contributed by atoms with Gasteiger partial charge in [-0.15, -0.1) is 0 Å². The minimum absolute atomic E-state index is 0.589. The van der Waals surface area contributed by atoms with E-state index in [1.54, 1.807) is 0 Å². The molecule has 0 bridgehead atoms. The highest BCUT2D eigenvalue weighted by Gasteiger charge is 2.36. The van der Waals surface area contributed by atoms with Gasteiger partial charge in [0.2, 0.25) is 0 Å². The van der Waals surface area contributed by atoms with Gasteiger partial charge in [-0.2, -0.15) is 0 Å². The van der Waals surface area contributed by atoms with Gasteiger partial charge in [-0.05, 0) is 24.5 Å². The average molecular weight is 165 g/mol. The molecule has 1 aromatic heterocycles. The van der Waals surface area contributed by atoms with Gasteiger partial charge in [-0.1, -0.05) is 12.1 Å². The molecule has 64 valence electrons. The molecule has 0 spiro atoms. The second-order valence-electron chi connectivity index (χ2n) is 3.30. The monoisotopic (exact) mass is 165 g/mol. The molecule has 3 nitrogen and oxygen atoms in total. The van der Waals surface area contributed by atoms with Crippen LogP contribution in [-0.2, 0) is 0 Å². The number of hydrogen-bond acceptors (Lipinski definition) is 3. The third-order valence-electron chi connectivity index (χ3n) is 2.31. The van der Waals surface area contributed by atoms with Crippen molar-refractivity contribution in [2.45, 2.75) is 19.3 Å². The molecule has 1 aliphatic carbocycles. The van der Waals surface area contributed by atoms with E-state index < -0.39 is 0 Å². The number of furan rings is 1. The molecule has 0 unspecified atom stereocenters. The summed E-state index contributed by atoms with van der Waals surface area (Å²) in [6.45, 7) is 2.20. The summed E-state index contributed by atoms with van der Waals surface area (Å²) >= 11 is 0. The third-order valence-corrected chi connectivity index (χ3v) is 2.31. The van der Waals surface area contributed by atoms with Crippen LogP contribution < -0.4 is 0 Å². The summed E-state index contributed by atoms with van der Waals surface area (Å²) in [5.74, 6) is 2.96. The molecule has 2 atom stereocenters. The third kappa shape index (κ3) is 1.22. The van der Waals surface area contributed by atoms with E-state index in [9.17, 15) is 0 Å². The Labute approximate surface area is 70.7 Å². The van der Waals surface area contributed by atoms with E-state index in [2.05, 4.69) is 12.1 Å². The number of oxime groups is 1. The van der Waals surface area contributed by atoms with Crippen LogP contribution in [0.15, 0.2) is 21.7 Å². The Bertz CT molecular complexity index is 303. The van der Waals surface area contributed by atoms with E-state index in [4.69, 9.17) is 9.62 Å². The molecule has 1 aromatic rings. The van der Waals surface area contributed by atoms with Crippen molar-refractivity contribution < 1.29 is 9.62 Å². The van der Waals surface area contributed by atoms with Gasteiger partial charge in [0.25, 0.3) is 0 Å². The molecule has 1 fully saturated rings. The molecule has 12 heavy (non-hydrogen) atoms. The summed E-state index contributed by atoms with van der Waals surface area (Å²) in [5, 5.41) is 11.1. The van der Waals surface area contributed by atoms with Crippen LogP contribution >= 0.6 is 0 Å². The van der Waals surface area contributed by atoms with Crippen LogP contribution in [0.2, 0.25) is 0 Å². The quantitative estimate of drug-likeness (QED) is 0.415. The van der Waals surface area contributed by atoms with E-state index in [1.165, 1.54) is 12.6 Å². The Morgan fingerprint density at radius 1 is 1.67 bits per heavy atom. The van der Waals surface area contributed by atoms with Crippen molar-refractivity contribution in [3.63, 3.8) is 0 Å². The van der Waals surface area contributed by atoms with Gasteiger partial charge in [0.1, 0.15) is 17.7 Å². The van der Waals surface area contributed by atoms with Crippen LogP contribution in [0.5, 0.6) is 0 Å². The lowest BCUT2D eigenvalue weighted by atomic mass is 10.3. The Hall–Kier alpha value is -1.25. The summed E-state index contributed by atoms with van der Waals surface area (Å²) in [6.07, 6.45) is 2.51. The largest absolute Gasteiger partial charge is 0.460 e. The zero-order valence-corrected chi connectivity index (χ0v) is 6.90. The van der Waals surface area contributed by atoms with Crippen molar-refractivity contribution in [3.05, 3.63) is 23.7 Å². The van der Waals surface area contributed by atoms with Gasteiger partial charge < -0.3 is 9.62 Å². The Morgan fingerprint density at radius 3 is 3.00 bits per heavy atom. The Balaban J connectivity index is 2.14. The first-order valence-corrected chi connectivity index (χ1v) is 4.08. The zero-order valence-electron chi connectivity index (χ0n) is 6.90. The van der Waals surface area contributed by atoms with Gasteiger partial charge in [-0.25, -0.2) is 0 Å². The molecule has 0 radical (unpaired) electrons. The zero-order chi connectivity index (χ0) is 8.55. The highest BCUT2D eigenvalue weighted by molar-refractivity contribution is 5.75. The van der Waals surface area contributed by atoms with Crippen LogP contribution in [0.25, 0.3) is 0 Å². The van der Waals surface area contributed by atoms with Crippen LogP contribution in [0.1, 0.15) is 30.8 Å². The predicted octanol–water partition coefficient (Wildman–Crippen LogP) is 2.21. The first kappa shape index (κ1) is 7.40. The second-order valence-corrected chi connectivity index (χ2v) is 3.30. The fourth-order valence-corrected chi connectivity index (χ4v) is 1.41. The fourth-order valence-electron chi connectivity index (χ4n) is 1.41. The summed E-state index contributed by atoms with van der Waals surface area (Å²) in [7, 11) is 0. The van der Waals surface area contributed by atoms with E-state index in [1.807, 2.05) is 12.1 Å². The molecular formula is C9H11NO2. The molecular weight excluding hydrogens is 154 g/mol. The lowest BCUT2D eigenvalue weighted by molar-refractivity contribution is 0.320. The van der Waals surface area contributed by atoms with Crippen molar-refractivity contribution in [1.29, 1.82) is 0 Å². The minimum Gasteiger partial charge on any atom is -0.460 e. The molecule has 1 saturated carbocycles. The van der Waals surface area contributed by atoms with Gasteiger partial charge in [0, 0.05) is 5.92 Å². The highest BCUT2D eigenvalue weighted by atomic mass is 16.4. The molecule has 0 aromatic carbocycles. The van der Waals surface area contributed by atoms with E-state index >= 15 is 0 Å². The maximum Gasteiger partial charge on any atom is 0.148 e. The number of hydrogen-bond donors (Lipinski definition) is 1. The van der Waals surface area contributed by atoms with Crippen LogP contribution in [0.3, 0.4) is 0 Å². The van der Waals surface area contributed by atoms with Crippen molar-refractivity contribution in [3.8, 4) is 0 Å². The normalized spacial score (nSPS) is 28.1. The summed E-state index contributed by atoms with van der Waals surface area (Å²) < 4.78 is 5.41. The van der Waals surface area contributed by atoms with Crippen LogP contribution in [0.4, 0.5) is 0 Å². The average Bonchev–Trinajstić information content (AvgIpc) is 2.62. The molecule has 1 heterocycles. The van der Waals surface area contributed by atoms with E-state index in [0.29, 0.717) is 11.7 Å². The molecule has 0 aliphatic heterocycles. The number of nitrogens with zero attached hydrogens (tertiary/aromatic N) is 1. The van der Waals surface area contributed by atoms with Crippen LogP contribution in [-0.4, -0.2) is 11.4 Å². The smallest absolute Gasteiger partial charge is 0.148 e. The summed E-state index contributed by atoms with van der Waals surface area (Å²) in [6, 6.07) is 3.77. The Morgan fingerprint density at radius 2 is 2.42 bits per heavy atom. The minimum atomic E-state index is 0.589.